The Morgan fingerprint density at radius 3 is 2.32 bits per heavy atom. The molecule has 2 unspecified atom stereocenters. The number of anilines is 1. The first-order valence-corrected chi connectivity index (χ1v) is 13.6. The summed E-state index contributed by atoms with van der Waals surface area (Å²) in [7, 11) is 3.31. The number of carbonyl (C=O) groups is 1. The van der Waals surface area contributed by atoms with E-state index < -0.39 is 12.1 Å². The zero-order valence-electron chi connectivity index (χ0n) is 23.9. The summed E-state index contributed by atoms with van der Waals surface area (Å²) in [6.45, 7) is 9.52. The van der Waals surface area contributed by atoms with E-state index in [0.717, 1.165) is 18.4 Å². The quantitative estimate of drug-likeness (QED) is 0.254. The van der Waals surface area contributed by atoms with Crippen LogP contribution in [0.25, 0.3) is 0 Å². The lowest BCUT2D eigenvalue weighted by Gasteiger charge is -2.30. The molecule has 4 N–H and O–H groups in total. The van der Waals surface area contributed by atoms with Crippen molar-refractivity contribution >= 4 is 11.6 Å². The molecule has 2 rings (SSSR count). The van der Waals surface area contributed by atoms with Gasteiger partial charge < -0.3 is 30.4 Å². The van der Waals surface area contributed by atoms with Crippen LogP contribution in [0.2, 0.25) is 0 Å². The van der Waals surface area contributed by atoms with E-state index in [1.165, 1.54) is 0 Å². The van der Waals surface area contributed by atoms with E-state index in [2.05, 4.69) is 30.2 Å². The third-order valence-corrected chi connectivity index (χ3v) is 7.07. The SMILES string of the molecule is COCCCOc1cc(CC(CC(N)[C@@H](O)C[C@H](C(=O)Nc2ccncc2)C(C)C)C(C)C)ccc1OC. The predicted molar refractivity (Wildman–Crippen MR) is 151 cm³/mol. The number of hydrogen-bond acceptors (Lipinski definition) is 7. The van der Waals surface area contributed by atoms with Crippen LogP contribution in [-0.4, -0.2) is 55.6 Å². The Hall–Kier alpha value is -2.68. The lowest BCUT2D eigenvalue weighted by Crippen LogP contribution is -2.41. The fourth-order valence-corrected chi connectivity index (χ4v) is 4.53. The van der Waals surface area contributed by atoms with Crippen molar-refractivity contribution in [3.05, 3.63) is 48.3 Å². The molecule has 4 atom stereocenters. The molecule has 0 saturated carbocycles. The lowest BCUT2D eigenvalue weighted by atomic mass is 9.81. The number of aliphatic hydroxyl groups excluding tert-OH is 1. The third kappa shape index (κ3) is 10.2. The zero-order valence-corrected chi connectivity index (χ0v) is 23.9. The standard InChI is InChI=1S/C30H47N3O5/c1-20(2)23(16-22-8-9-28(37-6)29(17-22)38-15-7-14-36-5)18-26(31)27(34)19-25(21(3)4)30(35)33-24-10-12-32-13-11-24/h8-13,17,20-21,23,25-27,34H,7,14-16,18-19,31H2,1-6H3,(H,32,33,35)/t23?,25-,26?,27-/m0/s1. The topological polar surface area (TPSA) is 116 Å². The molecule has 1 amide bonds. The van der Waals surface area contributed by atoms with Crippen molar-refractivity contribution in [3.8, 4) is 11.5 Å². The number of methoxy groups -OCH3 is 2. The van der Waals surface area contributed by atoms with Crippen molar-refractivity contribution in [1.29, 1.82) is 0 Å². The Labute approximate surface area is 228 Å². The highest BCUT2D eigenvalue weighted by atomic mass is 16.5. The van der Waals surface area contributed by atoms with Crippen LogP contribution in [0.5, 0.6) is 11.5 Å². The van der Waals surface area contributed by atoms with Gasteiger partial charge >= 0.3 is 0 Å². The fourth-order valence-electron chi connectivity index (χ4n) is 4.53. The molecule has 2 aromatic rings. The van der Waals surface area contributed by atoms with Gasteiger partial charge in [0.15, 0.2) is 11.5 Å². The molecular weight excluding hydrogens is 482 g/mol. The van der Waals surface area contributed by atoms with Gasteiger partial charge in [-0.3, -0.25) is 9.78 Å². The molecule has 0 radical (unpaired) electrons. The van der Waals surface area contributed by atoms with E-state index in [1.807, 2.05) is 26.0 Å². The number of amides is 1. The van der Waals surface area contributed by atoms with E-state index in [1.54, 1.807) is 38.7 Å². The maximum absolute atomic E-state index is 13.0. The van der Waals surface area contributed by atoms with E-state index in [0.29, 0.717) is 49.2 Å². The van der Waals surface area contributed by atoms with Crippen molar-refractivity contribution in [2.75, 3.05) is 32.8 Å². The number of ether oxygens (including phenoxy) is 3. The van der Waals surface area contributed by atoms with Crippen LogP contribution >= 0.6 is 0 Å². The molecule has 0 fully saturated rings. The molecule has 8 heteroatoms. The first kappa shape index (κ1) is 31.5. The smallest absolute Gasteiger partial charge is 0.227 e. The van der Waals surface area contributed by atoms with Gasteiger partial charge in [0.2, 0.25) is 5.91 Å². The highest BCUT2D eigenvalue weighted by Crippen LogP contribution is 2.32. The minimum atomic E-state index is -0.789. The number of aromatic nitrogens is 1. The van der Waals surface area contributed by atoms with Gasteiger partial charge in [-0.05, 0) is 66.8 Å². The summed E-state index contributed by atoms with van der Waals surface area (Å²) in [5.74, 6) is 1.60. The second kappa shape index (κ2) is 16.3. The Kier molecular flexibility index (Phi) is 13.5. The summed E-state index contributed by atoms with van der Waals surface area (Å²) in [6, 6.07) is 9.07. The molecule has 0 aliphatic rings. The Balaban J connectivity index is 2.03. The van der Waals surface area contributed by atoms with Crippen molar-refractivity contribution in [3.63, 3.8) is 0 Å². The third-order valence-electron chi connectivity index (χ3n) is 7.07. The molecule has 1 aromatic heterocycles. The number of nitrogens with one attached hydrogen (secondary N) is 1. The van der Waals surface area contributed by atoms with Crippen LogP contribution < -0.4 is 20.5 Å². The van der Waals surface area contributed by atoms with Crippen LogP contribution in [0.4, 0.5) is 5.69 Å². The minimum absolute atomic E-state index is 0.0567. The van der Waals surface area contributed by atoms with Gasteiger partial charge in [0, 0.05) is 50.2 Å². The maximum atomic E-state index is 13.0. The van der Waals surface area contributed by atoms with Gasteiger partial charge in [-0.2, -0.15) is 0 Å². The van der Waals surface area contributed by atoms with Crippen LogP contribution in [0.1, 0.15) is 52.5 Å². The van der Waals surface area contributed by atoms with Crippen LogP contribution in [0, 0.1) is 23.7 Å². The minimum Gasteiger partial charge on any atom is -0.493 e. The number of hydrogen-bond donors (Lipinski definition) is 3. The molecular formula is C30H47N3O5. The Morgan fingerprint density at radius 2 is 1.71 bits per heavy atom. The molecule has 1 heterocycles. The van der Waals surface area contributed by atoms with Gasteiger partial charge in [0.1, 0.15) is 0 Å². The number of carbonyl (C=O) groups excluding carboxylic acids is 1. The number of aliphatic hydroxyl groups is 1. The molecule has 1 aromatic carbocycles. The fraction of sp³-hybridized carbons (Fsp3) is 0.600. The molecule has 0 bridgehead atoms. The van der Waals surface area contributed by atoms with E-state index in [4.69, 9.17) is 19.9 Å². The number of nitrogens with two attached hydrogens (primary N) is 1. The molecule has 8 nitrogen and oxygen atoms in total. The van der Waals surface area contributed by atoms with Crippen molar-refractivity contribution < 1.29 is 24.1 Å². The summed E-state index contributed by atoms with van der Waals surface area (Å²) < 4.78 is 16.5. The van der Waals surface area contributed by atoms with Crippen molar-refractivity contribution in [1.82, 2.24) is 4.98 Å². The highest BCUT2D eigenvalue weighted by Gasteiger charge is 2.30. The Morgan fingerprint density at radius 1 is 1.00 bits per heavy atom. The number of nitrogens with zero attached hydrogens (tertiary/aromatic N) is 1. The van der Waals surface area contributed by atoms with Crippen LogP contribution in [0.15, 0.2) is 42.7 Å². The van der Waals surface area contributed by atoms with Gasteiger partial charge in [0.25, 0.3) is 0 Å². The molecule has 0 spiro atoms. The normalized spacial score (nSPS) is 14.7. The molecule has 38 heavy (non-hydrogen) atoms. The first-order chi connectivity index (χ1) is 18.2. The zero-order chi connectivity index (χ0) is 28.1. The van der Waals surface area contributed by atoms with E-state index in [9.17, 15) is 9.90 Å². The van der Waals surface area contributed by atoms with Gasteiger partial charge in [0.05, 0.1) is 19.8 Å². The van der Waals surface area contributed by atoms with Crippen molar-refractivity contribution in [2.24, 2.45) is 29.4 Å². The first-order valence-electron chi connectivity index (χ1n) is 13.6. The number of rotatable bonds is 17. The van der Waals surface area contributed by atoms with E-state index in [-0.39, 0.29) is 23.7 Å². The van der Waals surface area contributed by atoms with E-state index >= 15 is 0 Å². The summed E-state index contributed by atoms with van der Waals surface area (Å²) in [5.41, 5.74) is 8.35. The number of benzene rings is 1. The second-order valence-corrected chi connectivity index (χ2v) is 10.7. The summed E-state index contributed by atoms with van der Waals surface area (Å²) >= 11 is 0. The summed E-state index contributed by atoms with van der Waals surface area (Å²) in [4.78, 5) is 17.0. The molecule has 0 aliphatic carbocycles. The van der Waals surface area contributed by atoms with Crippen molar-refractivity contribution in [2.45, 2.75) is 65.5 Å². The van der Waals surface area contributed by atoms with Crippen LogP contribution in [-0.2, 0) is 16.0 Å². The Bertz CT molecular complexity index is 954. The molecule has 0 saturated heterocycles. The second-order valence-electron chi connectivity index (χ2n) is 10.7. The molecule has 212 valence electrons. The average molecular weight is 530 g/mol. The predicted octanol–water partition coefficient (Wildman–Crippen LogP) is 4.70. The molecule has 0 aliphatic heterocycles. The van der Waals surface area contributed by atoms with Gasteiger partial charge in [-0.15, -0.1) is 0 Å². The maximum Gasteiger partial charge on any atom is 0.227 e. The van der Waals surface area contributed by atoms with Crippen LogP contribution in [0.3, 0.4) is 0 Å². The van der Waals surface area contributed by atoms with Gasteiger partial charge in [-0.1, -0.05) is 33.8 Å². The summed E-state index contributed by atoms with van der Waals surface area (Å²) in [5, 5.41) is 14.0. The average Bonchev–Trinajstić information content (AvgIpc) is 2.89. The summed E-state index contributed by atoms with van der Waals surface area (Å²) in [6.07, 6.45) is 5.03. The monoisotopic (exact) mass is 529 g/mol. The number of pyridine rings is 1. The largest absolute Gasteiger partial charge is 0.493 e. The van der Waals surface area contributed by atoms with Gasteiger partial charge in [-0.25, -0.2) is 0 Å². The lowest BCUT2D eigenvalue weighted by molar-refractivity contribution is -0.122. The highest BCUT2D eigenvalue weighted by molar-refractivity contribution is 5.92.